The molecule has 0 aliphatic carbocycles. The summed E-state index contributed by atoms with van der Waals surface area (Å²) in [6.07, 6.45) is 3.00. The van der Waals surface area contributed by atoms with Gasteiger partial charge in [-0.2, -0.15) is 0 Å². The number of rotatable bonds is 6. The predicted octanol–water partition coefficient (Wildman–Crippen LogP) is 3.35. The summed E-state index contributed by atoms with van der Waals surface area (Å²) in [4.78, 5) is 52.3. The standard InChI is InChI=1S/C24H32N4O5S/c1-24(2,3)33-22(31)25-11-6-10-20(29)28-13-7-12-27(14-15-28)18-9-5-4-8-17(18)16-19-21(30)26-23(32)34-19/h4-5,8-9,16H,6-7,10-15H2,1-3H3,(H,25,31)(H,26,30,32). The van der Waals surface area contributed by atoms with Gasteiger partial charge in [0.25, 0.3) is 11.1 Å². The Morgan fingerprint density at radius 1 is 1.15 bits per heavy atom. The Kier molecular flexibility index (Phi) is 8.60. The molecule has 3 rings (SSSR count). The monoisotopic (exact) mass is 488 g/mol. The number of hydrogen-bond acceptors (Lipinski definition) is 7. The first kappa shape index (κ1) is 25.6. The zero-order valence-corrected chi connectivity index (χ0v) is 20.7. The third-order valence-electron chi connectivity index (χ3n) is 5.29. The largest absolute Gasteiger partial charge is 0.444 e. The highest BCUT2D eigenvalue weighted by molar-refractivity contribution is 8.18. The van der Waals surface area contributed by atoms with Crippen molar-refractivity contribution in [3.8, 4) is 0 Å². The molecule has 184 valence electrons. The maximum atomic E-state index is 12.7. The van der Waals surface area contributed by atoms with E-state index < -0.39 is 11.7 Å². The number of thioether (sulfide) groups is 1. The summed E-state index contributed by atoms with van der Waals surface area (Å²) in [5.41, 5.74) is 1.29. The molecule has 34 heavy (non-hydrogen) atoms. The Morgan fingerprint density at radius 2 is 1.91 bits per heavy atom. The van der Waals surface area contributed by atoms with Crippen LogP contribution in [0.2, 0.25) is 0 Å². The number of imide groups is 1. The number of nitrogens with one attached hydrogen (secondary N) is 2. The number of carbonyl (C=O) groups is 4. The van der Waals surface area contributed by atoms with Gasteiger partial charge in [-0.05, 0) is 63.1 Å². The molecule has 0 bridgehead atoms. The Bertz CT molecular complexity index is 972. The normalized spacial score (nSPS) is 18.0. The average Bonchev–Trinajstić information content (AvgIpc) is 2.94. The van der Waals surface area contributed by atoms with Gasteiger partial charge in [0, 0.05) is 44.8 Å². The van der Waals surface area contributed by atoms with Crippen molar-refractivity contribution in [3.05, 3.63) is 34.7 Å². The molecule has 2 aliphatic rings. The number of ether oxygens (including phenoxy) is 1. The number of amides is 4. The molecule has 2 fully saturated rings. The molecule has 0 spiro atoms. The third-order valence-corrected chi connectivity index (χ3v) is 6.10. The van der Waals surface area contributed by atoms with Gasteiger partial charge in [-0.15, -0.1) is 0 Å². The van der Waals surface area contributed by atoms with Crippen LogP contribution >= 0.6 is 11.8 Å². The number of nitrogens with zero attached hydrogens (tertiary/aromatic N) is 2. The van der Waals surface area contributed by atoms with Crippen molar-refractivity contribution in [1.29, 1.82) is 0 Å². The topological polar surface area (TPSA) is 108 Å². The smallest absolute Gasteiger partial charge is 0.407 e. The number of anilines is 1. The van der Waals surface area contributed by atoms with Crippen LogP contribution in [0, 0.1) is 0 Å². The first-order valence-electron chi connectivity index (χ1n) is 11.5. The van der Waals surface area contributed by atoms with Crippen molar-refractivity contribution in [2.45, 2.75) is 45.6 Å². The van der Waals surface area contributed by atoms with Crippen molar-refractivity contribution < 1.29 is 23.9 Å². The van der Waals surface area contributed by atoms with Gasteiger partial charge in [-0.3, -0.25) is 19.7 Å². The van der Waals surface area contributed by atoms with Crippen molar-refractivity contribution in [1.82, 2.24) is 15.5 Å². The fraction of sp³-hybridized carbons (Fsp3) is 0.500. The summed E-state index contributed by atoms with van der Waals surface area (Å²) in [7, 11) is 0. The molecule has 1 aromatic carbocycles. The van der Waals surface area contributed by atoms with E-state index >= 15 is 0 Å². The van der Waals surface area contributed by atoms with Gasteiger partial charge in [0.05, 0.1) is 4.91 Å². The summed E-state index contributed by atoms with van der Waals surface area (Å²) in [6.45, 7) is 8.51. The quantitative estimate of drug-likeness (QED) is 0.467. The molecule has 9 nitrogen and oxygen atoms in total. The maximum absolute atomic E-state index is 12.7. The lowest BCUT2D eigenvalue weighted by Crippen LogP contribution is -2.36. The summed E-state index contributed by atoms with van der Waals surface area (Å²) < 4.78 is 5.20. The van der Waals surface area contributed by atoms with Crippen LogP contribution in [0.4, 0.5) is 15.3 Å². The molecular formula is C24H32N4O5S. The lowest BCUT2D eigenvalue weighted by atomic mass is 10.1. The SMILES string of the molecule is CC(C)(C)OC(=O)NCCCC(=O)N1CCCN(c2ccccc2C=C2SC(=O)NC2=O)CC1. The first-order valence-corrected chi connectivity index (χ1v) is 12.3. The summed E-state index contributed by atoms with van der Waals surface area (Å²) in [6, 6.07) is 7.75. The summed E-state index contributed by atoms with van der Waals surface area (Å²) in [5, 5.41) is 4.60. The van der Waals surface area contributed by atoms with E-state index in [1.54, 1.807) is 26.8 Å². The zero-order valence-electron chi connectivity index (χ0n) is 19.9. The van der Waals surface area contributed by atoms with E-state index in [1.807, 2.05) is 29.2 Å². The van der Waals surface area contributed by atoms with Crippen molar-refractivity contribution in [2.24, 2.45) is 0 Å². The minimum Gasteiger partial charge on any atom is -0.444 e. The molecule has 0 unspecified atom stereocenters. The number of hydrogen-bond donors (Lipinski definition) is 2. The van der Waals surface area contributed by atoms with Crippen LogP contribution in [-0.4, -0.2) is 66.4 Å². The zero-order chi connectivity index (χ0) is 24.7. The first-order chi connectivity index (χ1) is 16.1. The van der Waals surface area contributed by atoms with Crippen LogP contribution in [0.1, 0.15) is 45.6 Å². The number of benzene rings is 1. The van der Waals surface area contributed by atoms with E-state index in [4.69, 9.17) is 4.74 Å². The van der Waals surface area contributed by atoms with Gasteiger partial charge in [0.2, 0.25) is 5.91 Å². The average molecular weight is 489 g/mol. The van der Waals surface area contributed by atoms with Crippen molar-refractivity contribution in [2.75, 3.05) is 37.6 Å². The van der Waals surface area contributed by atoms with Crippen LogP contribution < -0.4 is 15.5 Å². The van der Waals surface area contributed by atoms with Crippen molar-refractivity contribution in [3.63, 3.8) is 0 Å². The van der Waals surface area contributed by atoms with Crippen LogP contribution in [0.25, 0.3) is 6.08 Å². The van der Waals surface area contributed by atoms with Gasteiger partial charge in [0.1, 0.15) is 5.60 Å². The minimum atomic E-state index is -0.549. The van der Waals surface area contributed by atoms with Gasteiger partial charge < -0.3 is 19.9 Å². The molecule has 0 atom stereocenters. The Balaban J connectivity index is 1.52. The molecule has 1 aromatic rings. The lowest BCUT2D eigenvalue weighted by molar-refractivity contribution is -0.131. The molecule has 0 saturated carbocycles. The summed E-state index contributed by atoms with van der Waals surface area (Å²) in [5.74, 6) is -0.306. The highest BCUT2D eigenvalue weighted by atomic mass is 32.2. The van der Waals surface area contributed by atoms with Gasteiger partial charge in [-0.25, -0.2) is 4.79 Å². The van der Waals surface area contributed by atoms with Gasteiger partial charge in [0.15, 0.2) is 0 Å². The number of para-hydroxylation sites is 1. The molecule has 2 aliphatic heterocycles. The predicted molar refractivity (Wildman–Crippen MR) is 132 cm³/mol. The second-order valence-corrected chi connectivity index (χ2v) is 10.2. The molecule has 0 aromatic heterocycles. The fourth-order valence-corrected chi connectivity index (χ4v) is 4.44. The number of carbonyl (C=O) groups excluding carboxylic acids is 4. The second kappa shape index (κ2) is 11.4. The number of alkyl carbamates (subject to hydrolysis) is 1. The highest BCUT2D eigenvalue weighted by Crippen LogP contribution is 2.30. The molecule has 0 radical (unpaired) electrons. The summed E-state index contributed by atoms with van der Waals surface area (Å²) >= 11 is 0.902. The van der Waals surface area contributed by atoms with Crippen LogP contribution in [0.3, 0.4) is 0 Å². The van der Waals surface area contributed by atoms with Crippen LogP contribution in [-0.2, 0) is 14.3 Å². The van der Waals surface area contributed by atoms with Crippen molar-refractivity contribution >= 4 is 46.7 Å². The molecule has 2 N–H and O–H groups in total. The van der Waals surface area contributed by atoms with E-state index in [1.165, 1.54) is 0 Å². The van der Waals surface area contributed by atoms with E-state index in [-0.39, 0.29) is 17.1 Å². The Hall–Kier alpha value is -3.01. The van der Waals surface area contributed by atoms with E-state index in [0.29, 0.717) is 43.9 Å². The van der Waals surface area contributed by atoms with Crippen LogP contribution in [0.15, 0.2) is 29.2 Å². The fourth-order valence-electron chi connectivity index (χ4n) is 3.77. The van der Waals surface area contributed by atoms with Gasteiger partial charge in [-0.1, -0.05) is 18.2 Å². The van der Waals surface area contributed by atoms with E-state index in [0.717, 1.165) is 36.0 Å². The molecule has 2 heterocycles. The minimum absolute atomic E-state index is 0.0702. The maximum Gasteiger partial charge on any atom is 0.407 e. The molecular weight excluding hydrogens is 456 g/mol. The highest BCUT2D eigenvalue weighted by Gasteiger charge is 2.26. The molecule has 10 heteroatoms. The molecule has 2 saturated heterocycles. The second-order valence-electron chi connectivity index (χ2n) is 9.16. The van der Waals surface area contributed by atoms with Crippen LogP contribution in [0.5, 0.6) is 0 Å². The third kappa shape index (κ3) is 7.51. The Labute approximate surface area is 204 Å². The van der Waals surface area contributed by atoms with E-state index in [2.05, 4.69) is 15.5 Å². The lowest BCUT2D eigenvalue weighted by Gasteiger charge is -2.25. The molecule has 4 amide bonds. The van der Waals surface area contributed by atoms with E-state index in [9.17, 15) is 19.2 Å². The van der Waals surface area contributed by atoms with Gasteiger partial charge >= 0.3 is 6.09 Å². The Morgan fingerprint density at radius 3 is 2.62 bits per heavy atom.